The number of rotatable bonds is 0. The Labute approximate surface area is 69.2 Å². The summed E-state index contributed by atoms with van der Waals surface area (Å²) in [5, 5.41) is 0.699. The number of nitrogens with zero attached hydrogens (tertiary/aromatic N) is 3. The third kappa shape index (κ3) is 1.01. The number of dihydropyridines is 1. The second kappa shape index (κ2) is 2.27. The molecule has 0 saturated carbocycles. The van der Waals surface area contributed by atoms with Crippen molar-refractivity contribution in [2.45, 2.75) is 13.0 Å². The molecule has 0 unspecified atom stereocenters. The average molecular weight is 168 g/mol. The van der Waals surface area contributed by atoms with Crippen LogP contribution in [0.2, 0.25) is 0 Å². The Kier molecular flexibility index (Phi) is 1.39. The molecule has 0 N–H and O–H groups in total. The van der Waals surface area contributed by atoms with Crippen molar-refractivity contribution >= 4 is 29.5 Å². The third-order valence-electron chi connectivity index (χ3n) is 1.55. The van der Waals surface area contributed by atoms with Crippen molar-refractivity contribution in [3.8, 4) is 0 Å². The van der Waals surface area contributed by atoms with Crippen molar-refractivity contribution < 1.29 is 0 Å². The van der Waals surface area contributed by atoms with Gasteiger partial charge in [-0.25, -0.2) is 9.98 Å². The van der Waals surface area contributed by atoms with Crippen LogP contribution in [0.5, 0.6) is 0 Å². The average Bonchev–Trinajstić information content (AvgIpc) is 2.34. The lowest BCUT2D eigenvalue weighted by molar-refractivity contribution is 1.07. The molecule has 2 aliphatic rings. The van der Waals surface area contributed by atoms with E-state index in [0.29, 0.717) is 10.9 Å². The highest BCUT2D eigenvalue weighted by molar-refractivity contribution is 6.36. The molecule has 0 saturated heterocycles. The fourth-order valence-electron chi connectivity index (χ4n) is 1.07. The van der Waals surface area contributed by atoms with Gasteiger partial charge in [-0.15, -0.1) is 0 Å². The van der Waals surface area contributed by atoms with Gasteiger partial charge in [-0.2, -0.15) is 0 Å². The maximum Gasteiger partial charge on any atom is 0.160 e. The van der Waals surface area contributed by atoms with Crippen LogP contribution in [-0.2, 0) is 0 Å². The molecule has 0 spiro atoms. The quantitative estimate of drug-likeness (QED) is 0.523. The van der Waals surface area contributed by atoms with Crippen LogP contribution < -0.4 is 0 Å². The number of aliphatic imine (C=N–C) groups is 3. The minimum absolute atomic E-state index is 0.125. The second-order valence-corrected chi connectivity index (χ2v) is 2.87. The molecule has 0 bridgehead atoms. The summed E-state index contributed by atoms with van der Waals surface area (Å²) < 4.78 is 0. The molecule has 0 aromatic heterocycles. The van der Waals surface area contributed by atoms with Crippen LogP contribution >= 0.6 is 11.6 Å². The summed E-state index contributed by atoms with van der Waals surface area (Å²) in [6.07, 6.45) is 3.31. The second-order valence-electron chi connectivity index (χ2n) is 2.44. The van der Waals surface area contributed by atoms with E-state index in [1.54, 1.807) is 0 Å². The van der Waals surface area contributed by atoms with Crippen LogP contribution in [-0.4, -0.2) is 23.9 Å². The van der Waals surface area contributed by atoms with Crippen molar-refractivity contribution in [2.24, 2.45) is 15.0 Å². The normalized spacial score (nSPS) is 27.5. The summed E-state index contributed by atoms with van der Waals surface area (Å²) in [4.78, 5) is 12.2. The lowest BCUT2D eigenvalue weighted by Crippen LogP contribution is -2.19. The van der Waals surface area contributed by atoms with Crippen LogP contribution in [0.15, 0.2) is 26.1 Å². The standard InChI is InChI=1S/C7H6ClN3/c1-4-2-5(8)6-7(11-4)10-3-9-6/h2-3,6H,1H3/t6-/m0/s1. The summed E-state index contributed by atoms with van der Waals surface area (Å²) in [5.74, 6) is 0.704. The van der Waals surface area contributed by atoms with Gasteiger partial charge in [0.25, 0.3) is 0 Å². The highest BCUT2D eigenvalue weighted by Crippen LogP contribution is 2.20. The van der Waals surface area contributed by atoms with Gasteiger partial charge in [0.05, 0.1) is 5.03 Å². The molecule has 1 atom stereocenters. The Hall–Kier alpha value is -0.960. The Morgan fingerprint density at radius 3 is 3.18 bits per heavy atom. The number of allylic oxidation sites excluding steroid dienone is 1. The summed E-state index contributed by atoms with van der Waals surface area (Å²) in [7, 11) is 0. The Morgan fingerprint density at radius 1 is 1.55 bits per heavy atom. The van der Waals surface area contributed by atoms with Crippen LogP contribution in [0, 0.1) is 0 Å². The van der Waals surface area contributed by atoms with Gasteiger partial charge in [0.1, 0.15) is 12.4 Å². The first-order valence-corrected chi connectivity index (χ1v) is 3.67. The fraction of sp³-hybridized carbons (Fsp3) is 0.286. The first-order chi connectivity index (χ1) is 5.27. The van der Waals surface area contributed by atoms with E-state index in [1.807, 2.05) is 13.0 Å². The lowest BCUT2D eigenvalue weighted by atomic mass is 10.2. The van der Waals surface area contributed by atoms with Gasteiger partial charge in [-0.3, -0.25) is 4.99 Å². The van der Waals surface area contributed by atoms with E-state index in [2.05, 4.69) is 15.0 Å². The molecule has 2 heterocycles. The number of amidine groups is 1. The minimum Gasteiger partial charge on any atom is -0.256 e. The molecule has 0 fully saturated rings. The minimum atomic E-state index is -0.125. The molecule has 0 aromatic rings. The molecule has 2 aliphatic heterocycles. The van der Waals surface area contributed by atoms with Crippen LogP contribution in [0.4, 0.5) is 0 Å². The van der Waals surface area contributed by atoms with Crippen molar-refractivity contribution in [1.82, 2.24) is 0 Å². The summed E-state index contributed by atoms with van der Waals surface area (Å²) in [6, 6.07) is -0.125. The summed E-state index contributed by atoms with van der Waals surface area (Å²) >= 11 is 5.90. The van der Waals surface area contributed by atoms with E-state index in [0.717, 1.165) is 5.71 Å². The molecule has 0 aliphatic carbocycles. The van der Waals surface area contributed by atoms with Gasteiger partial charge in [0.2, 0.25) is 0 Å². The summed E-state index contributed by atoms with van der Waals surface area (Å²) in [6.45, 7) is 1.89. The van der Waals surface area contributed by atoms with Gasteiger partial charge in [-0.05, 0) is 13.0 Å². The van der Waals surface area contributed by atoms with E-state index in [4.69, 9.17) is 11.6 Å². The van der Waals surface area contributed by atoms with Gasteiger partial charge >= 0.3 is 0 Å². The van der Waals surface area contributed by atoms with E-state index in [1.165, 1.54) is 6.34 Å². The van der Waals surface area contributed by atoms with E-state index < -0.39 is 0 Å². The zero-order valence-corrected chi connectivity index (χ0v) is 6.71. The topological polar surface area (TPSA) is 37.1 Å². The van der Waals surface area contributed by atoms with Crippen LogP contribution in [0.3, 0.4) is 0 Å². The fourth-order valence-corrected chi connectivity index (χ4v) is 1.38. The first-order valence-electron chi connectivity index (χ1n) is 3.29. The SMILES string of the molecule is CC1=NC2=NC=N[C@H]2C(Cl)=C1. The van der Waals surface area contributed by atoms with Gasteiger partial charge in [0, 0.05) is 5.71 Å². The van der Waals surface area contributed by atoms with Crippen molar-refractivity contribution in [1.29, 1.82) is 0 Å². The molecular weight excluding hydrogens is 162 g/mol. The van der Waals surface area contributed by atoms with E-state index in [9.17, 15) is 0 Å². The first kappa shape index (κ1) is 6.73. The molecule has 0 amide bonds. The molecular formula is C7H6ClN3. The zero-order chi connectivity index (χ0) is 7.84. The molecule has 0 aromatic carbocycles. The molecule has 2 rings (SSSR count). The summed E-state index contributed by atoms with van der Waals surface area (Å²) in [5.41, 5.74) is 0.885. The van der Waals surface area contributed by atoms with Gasteiger partial charge in [0.15, 0.2) is 5.84 Å². The maximum atomic E-state index is 5.90. The van der Waals surface area contributed by atoms with Crippen molar-refractivity contribution in [3.05, 3.63) is 11.1 Å². The monoisotopic (exact) mass is 167 g/mol. The maximum absolute atomic E-state index is 5.90. The van der Waals surface area contributed by atoms with Crippen LogP contribution in [0.1, 0.15) is 6.92 Å². The smallest absolute Gasteiger partial charge is 0.160 e. The molecule has 56 valence electrons. The zero-order valence-electron chi connectivity index (χ0n) is 5.95. The van der Waals surface area contributed by atoms with Crippen LogP contribution in [0.25, 0.3) is 0 Å². The molecule has 3 nitrogen and oxygen atoms in total. The third-order valence-corrected chi connectivity index (χ3v) is 1.87. The van der Waals surface area contributed by atoms with Gasteiger partial charge in [-0.1, -0.05) is 11.6 Å². The molecule has 11 heavy (non-hydrogen) atoms. The number of fused-ring (bicyclic) bond motifs is 1. The Bertz CT molecular complexity index is 312. The predicted octanol–water partition coefficient (Wildman–Crippen LogP) is 1.39. The van der Waals surface area contributed by atoms with Crippen molar-refractivity contribution in [3.63, 3.8) is 0 Å². The number of hydrogen-bond acceptors (Lipinski definition) is 3. The largest absolute Gasteiger partial charge is 0.256 e. The molecule has 4 heteroatoms. The van der Waals surface area contributed by atoms with Crippen molar-refractivity contribution in [2.75, 3.05) is 0 Å². The Morgan fingerprint density at radius 2 is 2.36 bits per heavy atom. The number of hydrogen-bond donors (Lipinski definition) is 0. The number of halogens is 1. The van der Waals surface area contributed by atoms with E-state index >= 15 is 0 Å². The Balaban J connectivity index is 2.45. The lowest BCUT2D eigenvalue weighted by Gasteiger charge is -2.11. The molecule has 0 radical (unpaired) electrons. The van der Waals surface area contributed by atoms with Gasteiger partial charge < -0.3 is 0 Å². The van der Waals surface area contributed by atoms with E-state index in [-0.39, 0.29) is 6.04 Å². The predicted molar refractivity (Wildman–Crippen MR) is 46.8 cm³/mol. The highest BCUT2D eigenvalue weighted by Gasteiger charge is 2.24. The highest BCUT2D eigenvalue weighted by atomic mass is 35.5.